The van der Waals surface area contributed by atoms with Gasteiger partial charge in [-0.1, -0.05) is 48.0 Å². The predicted molar refractivity (Wildman–Crippen MR) is 109 cm³/mol. The maximum atomic E-state index is 12.5. The van der Waals surface area contributed by atoms with Crippen molar-refractivity contribution in [1.82, 2.24) is 0 Å². The zero-order chi connectivity index (χ0) is 19.7. The van der Waals surface area contributed by atoms with Crippen LogP contribution in [0.1, 0.15) is 21.5 Å². The molecule has 0 radical (unpaired) electrons. The van der Waals surface area contributed by atoms with Crippen LogP contribution in [0.3, 0.4) is 0 Å². The Kier molecular flexibility index (Phi) is 4.53. The first-order valence-electron chi connectivity index (χ1n) is 8.94. The largest absolute Gasteiger partial charge is 0.423 e. The first-order valence-corrected chi connectivity index (χ1v) is 8.94. The minimum absolute atomic E-state index is 0.388. The highest BCUT2D eigenvalue weighted by molar-refractivity contribution is 5.92. The van der Waals surface area contributed by atoms with Crippen molar-refractivity contribution in [2.45, 2.75) is 13.8 Å². The van der Waals surface area contributed by atoms with Gasteiger partial charge in [0, 0.05) is 5.39 Å². The molecule has 3 aromatic carbocycles. The fourth-order valence-corrected chi connectivity index (χ4v) is 3.27. The Bertz CT molecular complexity index is 1240. The minimum Gasteiger partial charge on any atom is -0.423 e. The quantitative estimate of drug-likeness (QED) is 0.279. The third kappa shape index (κ3) is 3.32. The van der Waals surface area contributed by atoms with Crippen molar-refractivity contribution in [2.24, 2.45) is 0 Å². The molecule has 28 heavy (non-hydrogen) atoms. The molecule has 0 amide bonds. The molecule has 1 heterocycles. The van der Waals surface area contributed by atoms with Crippen LogP contribution in [0.15, 0.2) is 82.0 Å². The van der Waals surface area contributed by atoms with E-state index in [0.29, 0.717) is 22.5 Å². The Morgan fingerprint density at radius 2 is 1.68 bits per heavy atom. The van der Waals surface area contributed by atoms with Crippen molar-refractivity contribution >= 4 is 16.9 Å². The fraction of sp³-hybridized carbons (Fsp3) is 0.0833. The number of aryl methyl sites for hydroxylation is 2. The summed E-state index contributed by atoms with van der Waals surface area (Å²) in [5, 5.41) is 0.730. The van der Waals surface area contributed by atoms with Crippen LogP contribution in [0, 0.1) is 13.8 Å². The van der Waals surface area contributed by atoms with E-state index < -0.39 is 5.97 Å². The van der Waals surface area contributed by atoms with E-state index in [1.54, 1.807) is 30.3 Å². The van der Waals surface area contributed by atoms with Crippen LogP contribution in [0.4, 0.5) is 0 Å². The van der Waals surface area contributed by atoms with E-state index in [2.05, 4.69) is 0 Å². The third-order valence-electron chi connectivity index (χ3n) is 4.66. The second kappa shape index (κ2) is 7.16. The van der Waals surface area contributed by atoms with Crippen LogP contribution in [0.2, 0.25) is 0 Å². The summed E-state index contributed by atoms with van der Waals surface area (Å²) in [4.78, 5) is 24.9. The van der Waals surface area contributed by atoms with Gasteiger partial charge in [0.1, 0.15) is 11.3 Å². The third-order valence-corrected chi connectivity index (χ3v) is 4.66. The molecule has 0 N–H and O–H groups in total. The SMILES string of the molecule is Cc1cccc(C(=O)Oc2ccc3oc(=O)c(-c4ccccc4)c(C)c3c2)c1. The number of benzene rings is 3. The Hall–Kier alpha value is -3.66. The highest BCUT2D eigenvalue weighted by Gasteiger charge is 2.15. The number of hydrogen-bond donors (Lipinski definition) is 0. The van der Waals surface area contributed by atoms with Gasteiger partial charge in [-0.3, -0.25) is 0 Å². The molecule has 0 fully saturated rings. The number of rotatable bonds is 3. The molecule has 0 atom stereocenters. The van der Waals surface area contributed by atoms with Gasteiger partial charge in [-0.2, -0.15) is 0 Å². The Morgan fingerprint density at radius 3 is 2.43 bits per heavy atom. The smallest absolute Gasteiger partial charge is 0.344 e. The van der Waals surface area contributed by atoms with Crippen molar-refractivity contribution in [3.05, 3.63) is 99.9 Å². The maximum absolute atomic E-state index is 12.5. The predicted octanol–water partition coefficient (Wildman–Crippen LogP) is 5.30. The van der Waals surface area contributed by atoms with Gasteiger partial charge in [0.05, 0.1) is 11.1 Å². The van der Waals surface area contributed by atoms with E-state index in [1.165, 1.54) is 0 Å². The van der Waals surface area contributed by atoms with Crippen LogP contribution >= 0.6 is 0 Å². The zero-order valence-electron chi connectivity index (χ0n) is 15.6. The van der Waals surface area contributed by atoms with Gasteiger partial charge in [0.2, 0.25) is 0 Å². The molecule has 0 saturated heterocycles. The lowest BCUT2D eigenvalue weighted by atomic mass is 9.99. The van der Waals surface area contributed by atoms with Crippen LogP contribution in [-0.2, 0) is 0 Å². The summed E-state index contributed by atoms with van der Waals surface area (Å²) in [5.74, 6) is -0.0312. The molecular formula is C24H18O4. The molecule has 4 nitrogen and oxygen atoms in total. The Morgan fingerprint density at radius 1 is 0.893 bits per heavy atom. The van der Waals surface area contributed by atoms with Gasteiger partial charge >= 0.3 is 11.6 Å². The monoisotopic (exact) mass is 370 g/mol. The van der Waals surface area contributed by atoms with Gasteiger partial charge in [0.15, 0.2) is 0 Å². The highest BCUT2D eigenvalue weighted by atomic mass is 16.5. The number of carbonyl (C=O) groups excluding carboxylic acids is 1. The first kappa shape index (κ1) is 17.7. The molecule has 0 aliphatic rings. The Labute approximate surface area is 162 Å². The van der Waals surface area contributed by atoms with E-state index in [0.717, 1.165) is 22.1 Å². The van der Waals surface area contributed by atoms with Crippen molar-refractivity contribution in [1.29, 1.82) is 0 Å². The van der Waals surface area contributed by atoms with E-state index in [1.807, 2.05) is 56.3 Å². The fourth-order valence-electron chi connectivity index (χ4n) is 3.27. The molecule has 0 unspecified atom stereocenters. The number of hydrogen-bond acceptors (Lipinski definition) is 4. The molecule has 0 bridgehead atoms. The van der Waals surface area contributed by atoms with Gasteiger partial charge in [-0.15, -0.1) is 0 Å². The molecule has 0 saturated carbocycles. The lowest BCUT2D eigenvalue weighted by Gasteiger charge is -2.10. The number of ether oxygens (including phenoxy) is 1. The molecule has 4 heteroatoms. The summed E-state index contributed by atoms with van der Waals surface area (Å²) in [6, 6.07) is 21.6. The molecule has 4 rings (SSSR count). The van der Waals surface area contributed by atoms with Gasteiger partial charge in [-0.25, -0.2) is 9.59 Å². The van der Waals surface area contributed by atoms with E-state index in [-0.39, 0.29) is 5.63 Å². The molecule has 0 aliphatic carbocycles. The van der Waals surface area contributed by atoms with Crippen molar-refractivity contribution in [3.63, 3.8) is 0 Å². The second-order valence-corrected chi connectivity index (χ2v) is 6.67. The van der Waals surface area contributed by atoms with E-state index >= 15 is 0 Å². The molecule has 0 aliphatic heterocycles. The molecule has 1 aromatic heterocycles. The van der Waals surface area contributed by atoms with Crippen LogP contribution in [0.25, 0.3) is 22.1 Å². The molecule has 4 aromatic rings. The van der Waals surface area contributed by atoms with Gasteiger partial charge < -0.3 is 9.15 Å². The normalized spacial score (nSPS) is 10.8. The summed E-state index contributed by atoms with van der Waals surface area (Å²) >= 11 is 0. The topological polar surface area (TPSA) is 56.5 Å². The number of carbonyl (C=O) groups is 1. The average molecular weight is 370 g/mol. The second-order valence-electron chi connectivity index (χ2n) is 6.67. The van der Waals surface area contributed by atoms with Crippen molar-refractivity contribution in [3.8, 4) is 16.9 Å². The Balaban J connectivity index is 1.76. The summed E-state index contributed by atoms with van der Waals surface area (Å²) in [6.45, 7) is 3.79. The zero-order valence-corrected chi connectivity index (χ0v) is 15.6. The maximum Gasteiger partial charge on any atom is 0.344 e. The number of esters is 1. The summed E-state index contributed by atoms with van der Waals surface area (Å²) in [7, 11) is 0. The van der Waals surface area contributed by atoms with Gasteiger partial charge in [-0.05, 0) is 55.3 Å². The van der Waals surface area contributed by atoms with Crippen molar-refractivity contribution in [2.75, 3.05) is 0 Å². The van der Waals surface area contributed by atoms with Crippen molar-refractivity contribution < 1.29 is 13.9 Å². The van der Waals surface area contributed by atoms with Crippen LogP contribution < -0.4 is 10.4 Å². The van der Waals surface area contributed by atoms with Crippen LogP contribution in [-0.4, -0.2) is 5.97 Å². The lowest BCUT2D eigenvalue weighted by Crippen LogP contribution is -2.09. The van der Waals surface area contributed by atoms with Crippen LogP contribution in [0.5, 0.6) is 5.75 Å². The minimum atomic E-state index is -0.429. The molecule has 138 valence electrons. The van der Waals surface area contributed by atoms with E-state index in [9.17, 15) is 9.59 Å². The standard InChI is InChI=1S/C24H18O4/c1-15-7-6-10-18(13-15)23(25)27-19-11-12-21-20(14-19)16(2)22(24(26)28-21)17-8-4-3-5-9-17/h3-14H,1-2H3. The van der Waals surface area contributed by atoms with E-state index in [4.69, 9.17) is 9.15 Å². The summed E-state index contributed by atoms with van der Waals surface area (Å²) in [6.07, 6.45) is 0. The van der Waals surface area contributed by atoms with Gasteiger partial charge in [0.25, 0.3) is 0 Å². The highest BCUT2D eigenvalue weighted by Crippen LogP contribution is 2.29. The lowest BCUT2D eigenvalue weighted by molar-refractivity contribution is 0.0735. The summed E-state index contributed by atoms with van der Waals surface area (Å²) < 4.78 is 11.0. The first-order chi connectivity index (χ1) is 13.5. The molecular weight excluding hydrogens is 352 g/mol. The summed E-state index contributed by atoms with van der Waals surface area (Å²) in [5.41, 5.74) is 3.62. The average Bonchev–Trinajstić information content (AvgIpc) is 2.69. The molecule has 0 spiro atoms. The number of fused-ring (bicyclic) bond motifs is 1.